The van der Waals surface area contributed by atoms with Gasteiger partial charge in [0.1, 0.15) is 0 Å². The second kappa shape index (κ2) is 7.56. The summed E-state index contributed by atoms with van der Waals surface area (Å²) in [7, 11) is 4.32. The molecule has 5 heteroatoms. The molecule has 0 bridgehead atoms. The van der Waals surface area contributed by atoms with Gasteiger partial charge in [0.05, 0.1) is 5.54 Å². The Labute approximate surface area is 129 Å². The highest BCUT2D eigenvalue weighted by Gasteiger charge is 2.34. The van der Waals surface area contributed by atoms with Gasteiger partial charge in [0.15, 0.2) is 0 Å². The first-order chi connectivity index (χ1) is 10.0. The normalized spacial score (nSPS) is 24.2. The fraction of sp³-hybridized carbons (Fsp3) is 0.938. The van der Waals surface area contributed by atoms with E-state index in [-0.39, 0.29) is 5.91 Å². The highest BCUT2D eigenvalue weighted by atomic mass is 16.2. The lowest BCUT2D eigenvalue weighted by Crippen LogP contribution is -2.56. The van der Waals surface area contributed by atoms with Crippen molar-refractivity contribution in [2.45, 2.75) is 56.5 Å². The number of nitrogens with one attached hydrogen (secondary N) is 1. The van der Waals surface area contributed by atoms with E-state index in [1.54, 1.807) is 0 Å². The summed E-state index contributed by atoms with van der Waals surface area (Å²) >= 11 is 0. The molecule has 1 aliphatic heterocycles. The number of hydrogen-bond donors (Lipinski definition) is 2. The monoisotopic (exact) mass is 296 g/mol. The van der Waals surface area contributed by atoms with Gasteiger partial charge >= 0.3 is 0 Å². The van der Waals surface area contributed by atoms with Crippen molar-refractivity contribution in [3.8, 4) is 0 Å². The van der Waals surface area contributed by atoms with Crippen molar-refractivity contribution in [1.82, 2.24) is 15.1 Å². The molecule has 0 atom stereocenters. The molecule has 1 saturated heterocycles. The van der Waals surface area contributed by atoms with Crippen LogP contribution in [0.4, 0.5) is 0 Å². The molecule has 1 amide bonds. The summed E-state index contributed by atoms with van der Waals surface area (Å²) in [5, 5.41) is 3.06. The van der Waals surface area contributed by atoms with Crippen LogP contribution in [-0.2, 0) is 4.79 Å². The smallest absolute Gasteiger partial charge is 0.240 e. The third kappa shape index (κ3) is 4.66. The molecule has 0 spiro atoms. The van der Waals surface area contributed by atoms with Crippen LogP contribution in [0.15, 0.2) is 0 Å². The predicted molar refractivity (Wildman–Crippen MR) is 86.2 cm³/mol. The molecule has 2 aliphatic rings. The zero-order chi connectivity index (χ0) is 15.3. The highest BCUT2D eigenvalue weighted by molar-refractivity contribution is 5.86. The first-order valence-corrected chi connectivity index (χ1v) is 8.47. The van der Waals surface area contributed by atoms with Gasteiger partial charge < -0.3 is 20.9 Å². The van der Waals surface area contributed by atoms with Gasteiger partial charge in [-0.15, -0.1) is 0 Å². The van der Waals surface area contributed by atoms with Crippen molar-refractivity contribution in [2.24, 2.45) is 5.73 Å². The molecule has 2 rings (SSSR count). The van der Waals surface area contributed by atoms with E-state index in [0.29, 0.717) is 6.04 Å². The van der Waals surface area contributed by atoms with E-state index in [1.165, 1.54) is 19.3 Å². The van der Waals surface area contributed by atoms with Gasteiger partial charge in [-0.3, -0.25) is 4.79 Å². The number of carbonyl (C=O) groups excluding carboxylic acids is 1. The van der Waals surface area contributed by atoms with Crippen molar-refractivity contribution in [3.63, 3.8) is 0 Å². The Morgan fingerprint density at radius 1 is 1.24 bits per heavy atom. The van der Waals surface area contributed by atoms with Crippen LogP contribution in [-0.4, -0.2) is 67.6 Å². The van der Waals surface area contributed by atoms with Gasteiger partial charge in [0.25, 0.3) is 0 Å². The van der Waals surface area contributed by atoms with E-state index in [2.05, 4.69) is 29.2 Å². The maximum absolute atomic E-state index is 12.2. The van der Waals surface area contributed by atoms with Crippen LogP contribution in [0.5, 0.6) is 0 Å². The SMILES string of the molecule is CN(C)C1CCN(CCNC(=O)C2(N)CCCCC2)CC1. The Kier molecular flexibility index (Phi) is 6.02. The predicted octanol–water partition coefficient (Wildman–Crippen LogP) is 0.790. The molecule has 0 aromatic heterocycles. The number of hydrogen-bond acceptors (Lipinski definition) is 4. The number of rotatable bonds is 5. The molecule has 122 valence electrons. The molecule has 1 heterocycles. The topological polar surface area (TPSA) is 61.6 Å². The zero-order valence-corrected chi connectivity index (χ0v) is 13.7. The quantitative estimate of drug-likeness (QED) is 0.787. The number of nitrogens with zero attached hydrogens (tertiary/aromatic N) is 2. The van der Waals surface area contributed by atoms with E-state index in [0.717, 1.165) is 51.9 Å². The summed E-state index contributed by atoms with van der Waals surface area (Å²) in [6, 6.07) is 0.713. The zero-order valence-electron chi connectivity index (χ0n) is 13.7. The van der Waals surface area contributed by atoms with Crippen LogP contribution in [0.25, 0.3) is 0 Å². The minimum Gasteiger partial charge on any atom is -0.353 e. The Morgan fingerprint density at radius 3 is 2.43 bits per heavy atom. The Hall–Kier alpha value is -0.650. The van der Waals surface area contributed by atoms with E-state index in [4.69, 9.17) is 5.73 Å². The van der Waals surface area contributed by atoms with Gasteiger partial charge in [0.2, 0.25) is 5.91 Å². The van der Waals surface area contributed by atoms with Gasteiger partial charge in [0, 0.05) is 19.1 Å². The first kappa shape index (κ1) is 16.7. The van der Waals surface area contributed by atoms with Crippen LogP contribution >= 0.6 is 0 Å². The van der Waals surface area contributed by atoms with Crippen molar-refractivity contribution in [3.05, 3.63) is 0 Å². The Balaban J connectivity index is 1.64. The molecule has 2 fully saturated rings. The van der Waals surface area contributed by atoms with Crippen LogP contribution < -0.4 is 11.1 Å². The standard InChI is InChI=1S/C16H32N4O/c1-19(2)14-6-11-20(12-7-14)13-10-18-15(21)16(17)8-4-3-5-9-16/h14H,3-13,17H2,1-2H3,(H,18,21). The Morgan fingerprint density at radius 2 is 1.86 bits per heavy atom. The third-order valence-electron chi connectivity index (χ3n) is 5.20. The number of likely N-dealkylation sites (tertiary alicyclic amines) is 1. The highest BCUT2D eigenvalue weighted by Crippen LogP contribution is 2.25. The third-order valence-corrected chi connectivity index (χ3v) is 5.20. The van der Waals surface area contributed by atoms with E-state index >= 15 is 0 Å². The molecule has 0 aromatic carbocycles. The van der Waals surface area contributed by atoms with Gasteiger partial charge in [-0.1, -0.05) is 19.3 Å². The minimum absolute atomic E-state index is 0.0605. The molecule has 1 saturated carbocycles. The molecule has 1 aliphatic carbocycles. The first-order valence-electron chi connectivity index (χ1n) is 8.47. The molecule has 0 unspecified atom stereocenters. The molecule has 0 aromatic rings. The van der Waals surface area contributed by atoms with E-state index in [9.17, 15) is 4.79 Å². The number of piperidine rings is 1. The molecule has 3 N–H and O–H groups in total. The van der Waals surface area contributed by atoms with Crippen molar-refractivity contribution < 1.29 is 4.79 Å². The number of nitrogens with two attached hydrogens (primary N) is 1. The van der Waals surface area contributed by atoms with Crippen LogP contribution in [0.3, 0.4) is 0 Å². The maximum atomic E-state index is 12.2. The van der Waals surface area contributed by atoms with Gasteiger partial charge in [-0.2, -0.15) is 0 Å². The number of carbonyl (C=O) groups is 1. The largest absolute Gasteiger partial charge is 0.353 e. The summed E-state index contributed by atoms with van der Waals surface area (Å²) in [4.78, 5) is 17.0. The van der Waals surface area contributed by atoms with Crippen molar-refractivity contribution >= 4 is 5.91 Å². The average Bonchev–Trinajstić information content (AvgIpc) is 2.48. The fourth-order valence-corrected chi connectivity index (χ4v) is 3.57. The molecule has 21 heavy (non-hydrogen) atoms. The molecular weight excluding hydrogens is 264 g/mol. The second-order valence-corrected chi connectivity index (χ2v) is 7.01. The summed E-state index contributed by atoms with van der Waals surface area (Å²) in [6.45, 7) is 3.94. The van der Waals surface area contributed by atoms with Crippen LogP contribution in [0, 0.1) is 0 Å². The second-order valence-electron chi connectivity index (χ2n) is 7.01. The van der Waals surface area contributed by atoms with Crippen LogP contribution in [0.2, 0.25) is 0 Å². The summed E-state index contributed by atoms with van der Waals surface area (Å²) < 4.78 is 0. The lowest BCUT2D eigenvalue weighted by Gasteiger charge is -2.35. The maximum Gasteiger partial charge on any atom is 0.240 e. The van der Waals surface area contributed by atoms with E-state index < -0.39 is 5.54 Å². The molecule has 0 radical (unpaired) electrons. The average molecular weight is 296 g/mol. The Bertz CT molecular complexity index is 331. The lowest BCUT2D eigenvalue weighted by atomic mass is 9.82. The molecular formula is C16H32N4O. The van der Waals surface area contributed by atoms with Crippen molar-refractivity contribution in [1.29, 1.82) is 0 Å². The summed E-state index contributed by atoms with van der Waals surface area (Å²) in [6.07, 6.45) is 7.51. The summed E-state index contributed by atoms with van der Waals surface area (Å²) in [5.41, 5.74) is 5.64. The van der Waals surface area contributed by atoms with Gasteiger partial charge in [-0.05, 0) is 52.9 Å². The fourth-order valence-electron chi connectivity index (χ4n) is 3.57. The van der Waals surface area contributed by atoms with Crippen LogP contribution in [0.1, 0.15) is 44.9 Å². The van der Waals surface area contributed by atoms with Crippen molar-refractivity contribution in [2.75, 3.05) is 40.3 Å². The van der Waals surface area contributed by atoms with Gasteiger partial charge in [-0.25, -0.2) is 0 Å². The lowest BCUT2D eigenvalue weighted by molar-refractivity contribution is -0.127. The number of amides is 1. The minimum atomic E-state index is -0.601. The summed E-state index contributed by atoms with van der Waals surface area (Å²) in [5.74, 6) is 0.0605. The molecule has 5 nitrogen and oxygen atoms in total. The van der Waals surface area contributed by atoms with E-state index in [1.807, 2.05) is 0 Å².